The van der Waals surface area contributed by atoms with E-state index in [4.69, 9.17) is 5.26 Å². The van der Waals surface area contributed by atoms with E-state index in [0.29, 0.717) is 6.54 Å². The van der Waals surface area contributed by atoms with Crippen molar-refractivity contribution in [1.82, 2.24) is 5.32 Å². The number of carbonyl (C=O) groups excluding carboxylic acids is 1. The molecule has 5 atom stereocenters. The second-order valence-electron chi connectivity index (χ2n) is 5.51. The van der Waals surface area contributed by atoms with Crippen molar-refractivity contribution in [3.8, 4) is 0 Å². The highest BCUT2D eigenvalue weighted by molar-refractivity contribution is 5.81. The van der Waals surface area contributed by atoms with Gasteiger partial charge < -0.3 is 25.7 Å². The van der Waals surface area contributed by atoms with Gasteiger partial charge in [-0.3, -0.25) is 4.79 Å². The molecule has 0 saturated carbocycles. The molecule has 0 spiro atoms. The molecule has 0 radical (unpaired) electrons. The summed E-state index contributed by atoms with van der Waals surface area (Å²) in [6, 6.07) is 0. The average Bonchev–Trinajstić information content (AvgIpc) is 2.57. The largest absolute Gasteiger partial charge is 0.388 e. The van der Waals surface area contributed by atoms with Gasteiger partial charge in [-0.2, -0.15) is 0 Å². The number of hydrogen-bond acceptors (Lipinski definition) is 8. The molecule has 0 aromatic carbocycles. The number of rotatable bonds is 13. The van der Waals surface area contributed by atoms with Crippen LogP contribution in [0.25, 0.3) is 0 Å². The van der Waals surface area contributed by atoms with Gasteiger partial charge in [-0.1, -0.05) is 38.1 Å². The summed E-state index contributed by atoms with van der Waals surface area (Å²) in [6.45, 7) is 3.78. The summed E-state index contributed by atoms with van der Waals surface area (Å²) in [5.74, 6) is -0.563. The van der Waals surface area contributed by atoms with Gasteiger partial charge in [0.05, 0.1) is 0 Å². The normalized spacial score (nSPS) is 18.0. The fourth-order valence-electron chi connectivity index (χ4n) is 2.06. The molecule has 0 fully saturated rings. The Balaban J connectivity index is 4.34. The predicted molar refractivity (Wildman–Crippen MR) is 80.0 cm³/mol. The molecule has 9 heteroatoms. The first kappa shape index (κ1) is 22.2. The molecule has 0 saturated heterocycles. The molecule has 0 aliphatic rings. The Bertz CT molecular complexity index is 317. The highest BCUT2D eigenvalue weighted by Gasteiger charge is 2.34. The van der Waals surface area contributed by atoms with Gasteiger partial charge in [0.25, 0.3) is 5.91 Å². The average molecular weight is 339 g/mol. The van der Waals surface area contributed by atoms with E-state index in [1.165, 1.54) is 0 Å². The van der Waals surface area contributed by atoms with Crippen LogP contribution in [-0.4, -0.2) is 69.2 Å². The highest BCUT2D eigenvalue weighted by Crippen LogP contribution is 2.12. The summed E-state index contributed by atoms with van der Waals surface area (Å²) in [4.78, 5) is 15.8. The number of carbonyl (C=O) groups is 1. The Labute approximate surface area is 135 Å². The lowest BCUT2D eigenvalue weighted by molar-refractivity contribution is -0.495. The number of nitrogens with one attached hydrogen (secondary N) is 1. The maximum atomic E-state index is 11.8. The Morgan fingerprint density at radius 1 is 1.13 bits per heavy atom. The van der Waals surface area contributed by atoms with Crippen molar-refractivity contribution in [2.45, 2.75) is 63.9 Å². The molecule has 9 nitrogen and oxygen atoms in total. The second kappa shape index (κ2) is 12.6. The predicted octanol–water partition coefficient (Wildman–Crippen LogP) is -0.816. The zero-order chi connectivity index (χ0) is 17.8. The van der Waals surface area contributed by atoms with Gasteiger partial charge in [-0.05, 0) is 12.3 Å². The van der Waals surface area contributed by atoms with Crippen molar-refractivity contribution in [2.75, 3.05) is 13.2 Å². The van der Waals surface area contributed by atoms with Crippen LogP contribution in [0.5, 0.6) is 0 Å². The van der Waals surface area contributed by atoms with Gasteiger partial charge in [0.2, 0.25) is 0 Å². The molecule has 23 heavy (non-hydrogen) atoms. The quantitative estimate of drug-likeness (QED) is 0.188. The number of hydrogen-bond donors (Lipinski definition) is 6. The maximum absolute atomic E-state index is 11.8. The van der Waals surface area contributed by atoms with Gasteiger partial charge in [-0.25, -0.2) is 10.1 Å². The van der Waals surface area contributed by atoms with E-state index in [2.05, 4.69) is 22.2 Å². The first-order valence-corrected chi connectivity index (χ1v) is 7.81. The number of aliphatic hydroxyl groups excluding tert-OH is 4. The molecular formula is C14H29NO8. The molecule has 0 bridgehead atoms. The van der Waals surface area contributed by atoms with Crippen molar-refractivity contribution >= 4 is 5.91 Å². The number of unbranched alkanes of at least 4 members (excludes halogenated alkanes) is 1. The molecule has 1 unspecified atom stereocenters. The lowest BCUT2D eigenvalue weighted by Gasteiger charge is -2.26. The minimum Gasteiger partial charge on any atom is -0.388 e. The lowest BCUT2D eigenvalue weighted by Crippen LogP contribution is -2.52. The Kier molecular flexibility index (Phi) is 12.1. The minimum absolute atomic E-state index is 0.272. The molecule has 0 rings (SSSR count). The van der Waals surface area contributed by atoms with E-state index in [1.807, 2.05) is 6.92 Å². The summed E-state index contributed by atoms with van der Waals surface area (Å²) >= 11 is 0. The van der Waals surface area contributed by atoms with Gasteiger partial charge in [0, 0.05) is 6.54 Å². The van der Waals surface area contributed by atoms with Crippen LogP contribution in [0.1, 0.15) is 39.5 Å². The molecule has 0 aliphatic heterocycles. The fraction of sp³-hybridized carbons (Fsp3) is 0.929. The topological polar surface area (TPSA) is 149 Å². The lowest BCUT2D eigenvalue weighted by atomic mass is 9.98. The molecule has 0 aromatic rings. The Morgan fingerprint density at radius 3 is 2.30 bits per heavy atom. The molecule has 0 heterocycles. The van der Waals surface area contributed by atoms with Crippen LogP contribution in [0, 0.1) is 5.92 Å². The number of aliphatic hydroxyl groups is 4. The molecule has 0 aliphatic carbocycles. The van der Waals surface area contributed by atoms with E-state index >= 15 is 0 Å². The van der Waals surface area contributed by atoms with Crippen LogP contribution in [0.15, 0.2) is 0 Å². The summed E-state index contributed by atoms with van der Waals surface area (Å²) in [5.41, 5.74) is 0. The Hall–Kier alpha value is -0.810. The SMILES string of the molecule is CCCCC(CC)CNC(=O)[C@H](O)[C@@H](O)[C@H](O)[C@H](O)COOO. The van der Waals surface area contributed by atoms with E-state index in [0.717, 1.165) is 25.7 Å². The van der Waals surface area contributed by atoms with Crippen molar-refractivity contribution in [1.29, 1.82) is 0 Å². The zero-order valence-electron chi connectivity index (χ0n) is 13.6. The van der Waals surface area contributed by atoms with Gasteiger partial charge in [-0.15, -0.1) is 0 Å². The summed E-state index contributed by atoms with van der Waals surface area (Å²) in [7, 11) is 0. The van der Waals surface area contributed by atoms with E-state index in [-0.39, 0.29) is 5.92 Å². The van der Waals surface area contributed by atoms with E-state index in [1.54, 1.807) is 0 Å². The summed E-state index contributed by atoms with van der Waals surface area (Å²) in [6.07, 6.45) is -3.42. The molecule has 6 N–H and O–H groups in total. The monoisotopic (exact) mass is 339 g/mol. The zero-order valence-corrected chi connectivity index (χ0v) is 13.6. The minimum atomic E-state index is -1.91. The smallest absolute Gasteiger partial charge is 0.251 e. The number of amides is 1. The van der Waals surface area contributed by atoms with E-state index in [9.17, 15) is 25.2 Å². The first-order valence-electron chi connectivity index (χ1n) is 7.81. The maximum Gasteiger partial charge on any atom is 0.251 e. The van der Waals surface area contributed by atoms with Gasteiger partial charge in [0.1, 0.15) is 24.9 Å². The fourth-order valence-corrected chi connectivity index (χ4v) is 2.06. The molecule has 138 valence electrons. The Morgan fingerprint density at radius 2 is 1.78 bits per heavy atom. The summed E-state index contributed by atoms with van der Waals surface area (Å²) < 4.78 is 0. The van der Waals surface area contributed by atoms with Crippen LogP contribution < -0.4 is 5.32 Å². The van der Waals surface area contributed by atoms with Crippen LogP contribution in [0.4, 0.5) is 0 Å². The standard InChI is InChI=1S/C14H29NO8/c1-3-5-6-9(4-2)7-15-14(20)13(19)12(18)11(17)10(16)8-22-23-21/h9-13,16-19,21H,3-8H2,1-2H3,(H,15,20)/t9?,10-,11-,12+,13-/m1/s1. The second-order valence-corrected chi connectivity index (χ2v) is 5.51. The van der Waals surface area contributed by atoms with Crippen LogP contribution in [-0.2, 0) is 14.7 Å². The van der Waals surface area contributed by atoms with Gasteiger partial charge in [0.15, 0.2) is 6.10 Å². The van der Waals surface area contributed by atoms with Gasteiger partial charge >= 0.3 is 0 Å². The molecular weight excluding hydrogens is 310 g/mol. The molecule has 1 amide bonds. The third-order valence-corrected chi connectivity index (χ3v) is 3.74. The van der Waals surface area contributed by atoms with E-state index < -0.39 is 36.9 Å². The van der Waals surface area contributed by atoms with Crippen molar-refractivity contribution < 1.29 is 40.4 Å². The van der Waals surface area contributed by atoms with Crippen LogP contribution in [0.2, 0.25) is 0 Å². The van der Waals surface area contributed by atoms with Crippen molar-refractivity contribution in [3.05, 3.63) is 0 Å². The van der Waals surface area contributed by atoms with Crippen molar-refractivity contribution in [3.63, 3.8) is 0 Å². The van der Waals surface area contributed by atoms with Crippen LogP contribution in [0.3, 0.4) is 0 Å². The third kappa shape index (κ3) is 8.56. The molecule has 0 aromatic heterocycles. The van der Waals surface area contributed by atoms with Crippen molar-refractivity contribution in [2.24, 2.45) is 5.92 Å². The first-order chi connectivity index (χ1) is 10.9. The third-order valence-electron chi connectivity index (χ3n) is 3.74. The van der Waals surface area contributed by atoms with Crippen LogP contribution >= 0.6 is 0 Å². The highest BCUT2D eigenvalue weighted by atomic mass is 17.5. The summed E-state index contributed by atoms with van der Waals surface area (Å²) in [5, 5.41) is 52.2.